The summed E-state index contributed by atoms with van der Waals surface area (Å²) in [6.45, 7) is 7.08. The van der Waals surface area contributed by atoms with Gasteiger partial charge in [-0.1, -0.05) is 18.2 Å². The van der Waals surface area contributed by atoms with Gasteiger partial charge in [0.05, 0.1) is 10.6 Å². The van der Waals surface area contributed by atoms with Gasteiger partial charge < -0.3 is 0 Å². The quantitative estimate of drug-likeness (QED) is 0.846. The molecule has 0 unspecified atom stereocenters. The second-order valence-electron chi connectivity index (χ2n) is 7.16. The molecular weight excluding hydrogens is 346 g/mol. The van der Waals surface area contributed by atoms with E-state index < -0.39 is 10.0 Å². The molecule has 0 aliphatic carbocycles. The van der Waals surface area contributed by atoms with Gasteiger partial charge in [-0.25, -0.2) is 13.1 Å². The Hall–Kier alpha value is -1.76. The van der Waals surface area contributed by atoms with Crippen LogP contribution in [0, 0.1) is 19.8 Å². The molecule has 1 fully saturated rings. The van der Waals surface area contributed by atoms with Gasteiger partial charge in [0.15, 0.2) is 0 Å². The predicted octanol–water partition coefficient (Wildman–Crippen LogP) is 2.89. The second-order valence-corrected chi connectivity index (χ2v) is 8.90. The average Bonchev–Trinajstić information content (AvgIpc) is 2.64. The summed E-state index contributed by atoms with van der Waals surface area (Å²) in [6, 6.07) is 11.5. The Morgan fingerprint density at radius 1 is 1.15 bits per heavy atom. The van der Waals surface area contributed by atoms with E-state index in [1.807, 2.05) is 50.4 Å². The van der Waals surface area contributed by atoms with Crippen LogP contribution in [0.5, 0.6) is 0 Å². The molecule has 0 spiro atoms. The van der Waals surface area contributed by atoms with Crippen LogP contribution in [0.2, 0.25) is 0 Å². The zero-order valence-electron chi connectivity index (χ0n) is 15.5. The summed E-state index contributed by atoms with van der Waals surface area (Å²) in [5, 5.41) is 0. The van der Waals surface area contributed by atoms with Crippen molar-refractivity contribution in [1.29, 1.82) is 0 Å². The first-order chi connectivity index (χ1) is 12.4. The van der Waals surface area contributed by atoms with E-state index in [-0.39, 0.29) is 0 Å². The third-order valence-corrected chi connectivity index (χ3v) is 6.58. The summed E-state index contributed by atoms with van der Waals surface area (Å²) < 4.78 is 28.1. The zero-order valence-corrected chi connectivity index (χ0v) is 16.3. The van der Waals surface area contributed by atoms with Gasteiger partial charge in [-0.3, -0.25) is 9.88 Å². The molecule has 0 saturated carbocycles. The maximum absolute atomic E-state index is 12.6. The van der Waals surface area contributed by atoms with E-state index in [2.05, 4.69) is 14.6 Å². The molecule has 0 bridgehead atoms. The van der Waals surface area contributed by atoms with Crippen molar-refractivity contribution in [2.75, 3.05) is 19.6 Å². The maximum atomic E-state index is 12.6. The Morgan fingerprint density at radius 2 is 1.92 bits per heavy atom. The van der Waals surface area contributed by atoms with Gasteiger partial charge in [-0.15, -0.1) is 0 Å². The van der Waals surface area contributed by atoms with E-state index in [0.717, 1.165) is 49.3 Å². The molecule has 1 aliphatic heterocycles. The number of aromatic nitrogens is 1. The standard InChI is InChI=1S/C20H27N3O2S/c1-16-6-7-17(2)20(13-16)26(24,25)22-14-18-8-11-23(12-9-18)15-19-5-3-4-10-21-19/h3-7,10,13,18,22H,8-9,11-12,14-15H2,1-2H3. The number of hydrogen-bond donors (Lipinski definition) is 1. The number of nitrogens with one attached hydrogen (secondary N) is 1. The monoisotopic (exact) mass is 373 g/mol. The Morgan fingerprint density at radius 3 is 2.62 bits per heavy atom. The minimum Gasteiger partial charge on any atom is -0.297 e. The molecule has 1 aromatic carbocycles. The Bertz CT molecular complexity index is 829. The lowest BCUT2D eigenvalue weighted by atomic mass is 9.97. The van der Waals surface area contributed by atoms with Gasteiger partial charge in [0.1, 0.15) is 0 Å². The minimum absolute atomic E-state index is 0.384. The summed E-state index contributed by atoms with van der Waals surface area (Å²) in [4.78, 5) is 7.16. The van der Waals surface area contributed by atoms with Crippen molar-refractivity contribution in [3.8, 4) is 0 Å². The number of nitrogens with zero attached hydrogens (tertiary/aromatic N) is 2. The van der Waals surface area contributed by atoms with Crippen molar-refractivity contribution < 1.29 is 8.42 Å². The summed E-state index contributed by atoms with van der Waals surface area (Å²) in [6.07, 6.45) is 3.83. The topological polar surface area (TPSA) is 62.3 Å². The molecule has 140 valence electrons. The maximum Gasteiger partial charge on any atom is 0.240 e. The van der Waals surface area contributed by atoms with Crippen LogP contribution in [0.15, 0.2) is 47.5 Å². The minimum atomic E-state index is -3.45. The second kappa shape index (κ2) is 8.29. The van der Waals surface area contributed by atoms with E-state index in [9.17, 15) is 8.42 Å². The number of piperidine rings is 1. The van der Waals surface area contributed by atoms with Gasteiger partial charge in [-0.2, -0.15) is 0 Å². The molecule has 0 atom stereocenters. The van der Waals surface area contributed by atoms with E-state index in [1.165, 1.54) is 0 Å². The first kappa shape index (κ1) is 19.0. The molecule has 26 heavy (non-hydrogen) atoms. The number of sulfonamides is 1. The van der Waals surface area contributed by atoms with Crippen molar-refractivity contribution in [1.82, 2.24) is 14.6 Å². The molecule has 2 heterocycles. The largest absolute Gasteiger partial charge is 0.297 e. The van der Waals surface area contributed by atoms with Crippen LogP contribution >= 0.6 is 0 Å². The molecule has 1 aliphatic rings. The highest BCUT2D eigenvalue weighted by atomic mass is 32.2. The van der Waals surface area contributed by atoms with Crippen LogP contribution in [0.25, 0.3) is 0 Å². The summed E-state index contributed by atoms with van der Waals surface area (Å²) >= 11 is 0. The van der Waals surface area contributed by atoms with Crippen molar-refractivity contribution in [3.63, 3.8) is 0 Å². The Labute approximate surface area is 156 Å². The molecule has 1 N–H and O–H groups in total. The van der Waals surface area contributed by atoms with Gasteiger partial charge >= 0.3 is 0 Å². The highest BCUT2D eigenvalue weighted by Crippen LogP contribution is 2.20. The summed E-state index contributed by atoms with van der Waals surface area (Å²) in [5.41, 5.74) is 2.83. The van der Waals surface area contributed by atoms with E-state index in [1.54, 1.807) is 6.07 Å². The first-order valence-electron chi connectivity index (χ1n) is 9.13. The Balaban J connectivity index is 1.51. The molecule has 1 aromatic heterocycles. The zero-order chi connectivity index (χ0) is 18.6. The lowest BCUT2D eigenvalue weighted by Crippen LogP contribution is -2.38. The van der Waals surface area contributed by atoms with Crippen molar-refractivity contribution >= 4 is 10.0 Å². The summed E-state index contributed by atoms with van der Waals surface area (Å²) in [5.74, 6) is 0.384. The third-order valence-electron chi connectivity index (χ3n) is 5.01. The number of rotatable bonds is 6. The molecule has 1 saturated heterocycles. The predicted molar refractivity (Wildman–Crippen MR) is 103 cm³/mol. The fraction of sp³-hybridized carbons (Fsp3) is 0.450. The van der Waals surface area contributed by atoms with Crippen LogP contribution < -0.4 is 4.72 Å². The van der Waals surface area contributed by atoms with Crippen LogP contribution in [-0.4, -0.2) is 37.9 Å². The molecular formula is C20H27N3O2S. The van der Waals surface area contributed by atoms with Gasteiger partial charge in [0.25, 0.3) is 0 Å². The molecule has 2 aromatic rings. The summed E-state index contributed by atoms with van der Waals surface area (Å²) in [7, 11) is -3.45. The lowest BCUT2D eigenvalue weighted by Gasteiger charge is -2.31. The number of hydrogen-bond acceptors (Lipinski definition) is 4. The molecule has 0 radical (unpaired) electrons. The SMILES string of the molecule is Cc1ccc(C)c(S(=O)(=O)NCC2CCN(Cc3ccccn3)CC2)c1. The number of benzene rings is 1. The van der Waals surface area contributed by atoms with Crippen LogP contribution in [0.4, 0.5) is 0 Å². The Kier molecular flexibility index (Phi) is 6.06. The number of likely N-dealkylation sites (tertiary alicyclic amines) is 1. The lowest BCUT2D eigenvalue weighted by molar-refractivity contribution is 0.177. The van der Waals surface area contributed by atoms with E-state index >= 15 is 0 Å². The first-order valence-corrected chi connectivity index (χ1v) is 10.6. The van der Waals surface area contributed by atoms with E-state index in [0.29, 0.717) is 17.4 Å². The molecule has 5 nitrogen and oxygen atoms in total. The van der Waals surface area contributed by atoms with Crippen LogP contribution in [0.3, 0.4) is 0 Å². The van der Waals surface area contributed by atoms with Crippen molar-refractivity contribution in [3.05, 3.63) is 59.4 Å². The highest BCUT2D eigenvalue weighted by molar-refractivity contribution is 7.89. The fourth-order valence-corrected chi connectivity index (χ4v) is 4.82. The van der Waals surface area contributed by atoms with Gasteiger partial charge in [0, 0.05) is 19.3 Å². The molecule has 0 amide bonds. The number of aryl methyl sites for hydroxylation is 2. The average molecular weight is 374 g/mol. The number of pyridine rings is 1. The highest BCUT2D eigenvalue weighted by Gasteiger charge is 2.23. The van der Waals surface area contributed by atoms with Gasteiger partial charge in [-0.05, 0) is 75.0 Å². The van der Waals surface area contributed by atoms with Gasteiger partial charge in [0.2, 0.25) is 10.0 Å². The van der Waals surface area contributed by atoms with Crippen molar-refractivity contribution in [2.24, 2.45) is 5.92 Å². The van der Waals surface area contributed by atoms with Crippen LogP contribution in [0.1, 0.15) is 29.7 Å². The fourth-order valence-electron chi connectivity index (χ4n) is 3.37. The van der Waals surface area contributed by atoms with E-state index in [4.69, 9.17) is 0 Å². The van der Waals surface area contributed by atoms with Crippen LogP contribution in [-0.2, 0) is 16.6 Å². The smallest absolute Gasteiger partial charge is 0.240 e. The molecule has 3 rings (SSSR count). The third kappa shape index (κ3) is 4.90. The normalized spacial score (nSPS) is 16.7. The molecule has 6 heteroatoms. The van der Waals surface area contributed by atoms with Crippen molar-refractivity contribution in [2.45, 2.75) is 38.1 Å².